The summed E-state index contributed by atoms with van der Waals surface area (Å²) in [5, 5.41) is 0. The molecule has 110 valence electrons. The molecule has 1 heteroatoms. The maximum absolute atomic E-state index is 2.33. The van der Waals surface area contributed by atoms with E-state index in [-0.39, 0.29) is 0 Å². The molecule has 0 nitrogen and oxygen atoms in total. The van der Waals surface area contributed by atoms with E-state index in [1.807, 2.05) is 11.8 Å². The maximum Gasteiger partial charge on any atom is 0.0232 e. The SMILES string of the molecule is Cc1ccc(Cc2cccc(CSc3ccccc3)c2)cc1. The zero-order valence-corrected chi connectivity index (χ0v) is 13.6. The molecule has 0 spiro atoms. The Kier molecular flexibility index (Phi) is 4.97. The molecule has 0 amide bonds. The van der Waals surface area contributed by atoms with Gasteiger partial charge in [-0.15, -0.1) is 11.8 Å². The highest BCUT2D eigenvalue weighted by molar-refractivity contribution is 7.98. The van der Waals surface area contributed by atoms with Crippen molar-refractivity contribution >= 4 is 11.8 Å². The molecule has 3 aromatic rings. The number of hydrogen-bond donors (Lipinski definition) is 0. The van der Waals surface area contributed by atoms with E-state index in [4.69, 9.17) is 0 Å². The lowest BCUT2D eigenvalue weighted by Gasteiger charge is -2.06. The highest BCUT2D eigenvalue weighted by atomic mass is 32.2. The first-order valence-corrected chi connectivity index (χ1v) is 8.59. The van der Waals surface area contributed by atoms with Crippen molar-refractivity contribution < 1.29 is 0 Å². The highest BCUT2D eigenvalue weighted by Crippen LogP contribution is 2.23. The molecule has 0 radical (unpaired) electrons. The van der Waals surface area contributed by atoms with Crippen LogP contribution in [-0.4, -0.2) is 0 Å². The van der Waals surface area contributed by atoms with Crippen LogP contribution in [0, 0.1) is 6.92 Å². The van der Waals surface area contributed by atoms with Crippen LogP contribution < -0.4 is 0 Å². The fraction of sp³-hybridized carbons (Fsp3) is 0.143. The summed E-state index contributed by atoms with van der Waals surface area (Å²) in [6.07, 6.45) is 1.00. The average molecular weight is 304 g/mol. The van der Waals surface area contributed by atoms with Gasteiger partial charge >= 0.3 is 0 Å². The van der Waals surface area contributed by atoms with Crippen LogP contribution in [0.15, 0.2) is 83.8 Å². The average Bonchev–Trinajstić information content (AvgIpc) is 2.57. The normalized spacial score (nSPS) is 10.6. The fourth-order valence-corrected chi connectivity index (χ4v) is 3.32. The van der Waals surface area contributed by atoms with Crippen molar-refractivity contribution in [3.05, 3.63) is 101 Å². The number of benzene rings is 3. The molecule has 0 heterocycles. The third kappa shape index (κ3) is 4.25. The van der Waals surface area contributed by atoms with Crippen molar-refractivity contribution in [2.45, 2.75) is 24.0 Å². The molecule has 0 saturated heterocycles. The van der Waals surface area contributed by atoms with Gasteiger partial charge in [0.1, 0.15) is 0 Å². The number of rotatable bonds is 5. The van der Waals surface area contributed by atoms with Gasteiger partial charge in [0.2, 0.25) is 0 Å². The van der Waals surface area contributed by atoms with Crippen LogP contribution >= 0.6 is 11.8 Å². The minimum atomic E-state index is 1.00. The molecule has 0 aliphatic heterocycles. The standard InChI is InChI=1S/C21H20S/c1-17-10-12-18(13-11-17)14-19-6-5-7-20(15-19)16-22-21-8-3-2-4-9-21/h2-13,15H,14,16H2,1H3. The van der Waals surface area contributed by atoms with Gasteiger partial charge in [0.05, 0.1) is 0 Å². The summed E-state index contributed by atoms with van der Waals surface area (Å²) in [6.45, 7) is 2.13. The van der Waals surface area contributed by atoms with E-state index in [2.05, 4.69) is 85.8 Å². The lowest BCUT2D eigenvalue weighted by molar-refractivity contribution is 1.17. The molecular weight excluding hydrogens is 284 g/mol. The van der Waals surface area contributed by atoms with Gasteiger partial charge in [-0.1, -0.05) is 72.3 Å². The minimum Gasteiger partial charge on any atom is -0.121 e. The quantitative estimate of drug-likeness (QED) is 0.530. The smallest absolute Gasteiger partial charge is 0.0232 e. The van der Waals surface area contributed by atoms with E-state index in [1.165, 1.54) is 27.1 Å². The Hall–Kier alpha value is -1.99. The van der Waals surface area contributed by atoms with E-state index in [1.54, 1.807) is 0 Å². The van der Waals surface area contributed by atoms with E-state index in [9.17, 15) is 0 Å². The number of thioether (sulfide) groups is 1. The van der Waals surface area contributed by atoms with Gasteiger partial charge in [0, 0.05) is 10.6 Å². The molecule has 3 rings (SSSR count). The number of aryl methyl sites for hydroxylation is 1. The summed E-state index contributed by atoms with van der Waals surface area (Å²) >= 11 is 1.89. The Balaban J connectivity index is 1.66. The first-order chi connectivity index (χ1) is 10.8. The summed E-state index contributed by atoms with van der Waals surface area (Å²) in [6, 6.07) is 28.3. The van der Waals surface area contributed by atoms with Gasteiger partial charge in [-0.05, 0) is 42.2 Å². The van der Waals surface area contributed by atoms with E-state index in [0.29, 0.717) is 0 Å². The fourth-order valence-electron chi connectivity index (χ4n) is 2.45. The molecule has 0 unspecified atom stereocenters. The summed E-state index contributed by atoms with van der Waals surface area (Å²) in [7, 11) is 0. The van der Waals surface area contributed by atoms with Crippen LogP contribution in [0.3, 0.4) is 0 Å². The third-order valence-electron chi connectivity index (χ3n) is 3.67. The monoisotopic (exact) mass is 304 g/mol. The zero-order valence-electron chi connectivity index (χ0n) is 12.8. The van der Waals surface area contributed by atoms with Crippen LogP contribution in [0.4, 0.5) is 0 Å². The predicted molar refractivity (Wildman–Crippen MR) is 96.4 cm³/mol. The van der Waals surface area contributed by atoms with Crippen LogP contribution in [0.1, 0.15) is 22.3 Å². The molecule has 3 aromatic carbocycles. The molecule has 0 bridgehead atoms. The highest BCUT2D eigenvalue weighted by Gasteiger charge is 2.00. The summed E-state index contributed by atoms with van der Waals surface area (Å²) < 4.78 is 0. The molecular formula is C21H20S. The Morgan fingerprint density at radius 1 is 0.682 bits per heavy atom. The van der Waals surface area contributed by atoms with E-state index < -0.39 is 0 Å². The summed E-state index contributed by atoms with van der Waals surface area (Å²) in [4.78, 5) is 1.33. The Labute approximate surface area is 137 Å². The molecule has 0 fully saturated rings. The molecule has 0 aliphatic carbocycles. The van der Waals surface area contributed by atoms with Gasteiger partial charge in [0.15, 0.2) is 0 Å². The lowest BCUT2D eigenvalue weighted by atomic mass is 10.0. The third-order valence-corrected chi connectivity index (χ3v) is 4.75. The lowest BCUT2D eigenvalue weighted by Crippen LogP contribution is -1.90. The summed E-state index contributed by atoms with van der Waals surface area (Å²) in [5.74, 6) is 1.02. The second-order valence-corrected chi connectivity index (χ2v) is 6.63. The minimum absolute atomic E-state index is 1.00. The molecule has 0 saturated carbocycles. The first kappa shape index (κ1) is 14.9. The van der Waals surface area contributed by atoms with Crippen molar-refractivity contribution in [3.63, 3.8) is 0 Å². The van der Waals surface area contributed by atoms with Crippen LogP contribution in [-0.2, 0) is 12.2 Å². The second-order valence-electron chi connectivity index (χ2n) is 5.58. The number of hydrogen-bond acceptors (Lipinski definition) is 1. The zero-order chi connectivity index (χ0) is 15.2. The van der Waals surface area contributed by atoms with Crippen molar-refractivity contribution in [3.8, 4) is 0 Å². The van der Waals surface area contributed by atoms with Gasteiger partial charge < -0.3 is 0 Å². The van der Waals surface area contributed by atoms with Crippen molar-refractivity contribution in [1.82, 2.24) is 0 Å². The van der Waals surface area contributed by atoms with E-state index >= 15 is 0 Å². The van der Waals surface area contributed by atoms with Crippen molar-refractivity contribution in [2.75, 3.05) is 0 Å². The largest absolute Gasteiger partial charge is 0.121 e. The van der Waals surface area contributed by atoms with Gasteiger partial charge in [-0.3, -0.25) is 0 Å². The van der Waals surface area contributed by atoms with Gasteiger partial charge in [0.25, 0.3) is 0 Å². The van der Waals surface area contributed by atoms with Gasteiger partial charge in [-0.25, -0.2) is 0 Å². The Morgan fingerprint density at radius 2 is 1.41 bits per heavy atom. The molecule has 0 atom stereocenters. The Bertz CT molecular complexity index is 714. The molecule has 0 aromatic heterocycles. The van der Waals surface area contributed by atoms with Crippen LogP contribution in [0.2, 0.25) is 0 Å². The molecule has 22 heavy (non-hydrogen) atoms. The summed E-state index contributed by atoms with van der Waals surface area (Å²) in [5.41, 5.74) is 5.46. The predicted octanol–water partition coefficient (Wildman–Crippen LogP) is 5.88. The topological polar surface area (TPSA) is 0 Å². The van der Waals surface area contributed by atoms with Crippen molar-refractivity contribution in [1.29, 1.82) is 0 Å². The van der Waals surface area contributed by atoms with E-state index in [0.717, 1.165) is 12.2 Å². The van der Waals surface area contributed by atoms with Crippen molar-refractivity contribution in [2.24, 2.45) is 0 Å². The van der Waals surface area contributed by atoms with Gasteiger partial charge in [-0.2, -0.15) is 0 Å². The first-order valence-electron chi connectivity index (χ1n) is 7.61. The second kappa shape index (κ2) is 7.33. The van der Waals surface area contributed by atoms with Crippen LogP contribution in [0.25, 0.3) is 0 Å². The molecule has 0 aliphatic rings. The Morgan fingerprint density at radius 3 is 2.18 bits per heavy atom. The van der Waals surface area contributed by atoms with Crippen LogP contribution in [0.5, 0.6) is 0 Å². The molecule has 0 N–H and O–H groups in total. The maximum atomic E-state index is 2.33.